The first-order chi connectivity index (χ1) is 7.41. The standard InChI is InChI=1S/C14H20N2/c1-10(2)16-9-12(14(3,4)15)11-7-5-6-8-13(11)16/h5-10H,15H2,1-4H3. The number of aromatic nitrogens is 1. The molecule has 0 aliphatic carbocycles. The van der Waals surface area contributed by atoms with Crippen molar-refractivity contribution in [2.24, 2.45) is 5.73 Å². The van der Waals surface area contributed by atoms with E-state index in [0.717, 1.165) is 0 Å². The van der Waals surface area contributed by atoms with Crippen molar-refractivity contribution in [2.45, 2.75) is 39.3 Å². The maximum atomic E-state index is 6.22. The molecule has 16 heavy (non-hydrogen) atoms. The van der Waals surface area contributed by atoms with Gasteiger partial charge in [0.2, 0.25) is 0 Å². The fourth-order valence-electron chi connectivity index (χ4n) is 2.15. The van der Waals surface area contributed by atoms with Gasteiger partial charge in [0.15, 0.2) is 0 Å². The average Bonchev–Trinajstić information content (AvgIpc) is 2.56. The highest BCUT2D eigenvalue weighted by Gasteiger charge is 2.20. The SMILES string of the molecule is CC(C)n1cc(C(C)(C)N)c2ccccc21. The molecule has 86 valence electrons. The molecule has 0 radical (unpaired) electrons. The van der Waals surface area contributed by atoms with Gasteiger partial charge in [-0.15, -0.1) is 0 Å². The second kappa shape index (κ2) is 3.63. The fourth-order valence-corrected chi connectivity index (χ4v) is 2.15. The average molecular weight is 216 g/mol. The van der Waals surface area contributed by atoms with Gasteiger partial charge >= 0.3 is 0 Å². The third-order valence-corrected chi connectivity index (χ3v) is 2.99. The fraction of sp³-hybridized carbons (Fsp3) is 0.429. The van der Waals surface area contributed by atoms with Gasteiger partial charge in [-0.1, -0.05) is 18.2 Å². The molecule has 1 heterocycles. The van der Waals surface area contributed by atoms with Gasteiger partial charge in [-0.05, 0) is 39.3 Å². The molecule has 1 aromatic carbocycles. The Morgan fingerprint density at radius 2 is 1.81 bits per heavy atom. The van der Waals surface area contributed by atoms with Crippen LogP contribution in [0.15, 0.2) is 30.5 Å². The normalized spacial score (nSPS) is 12.6. The van der Waals surface area contributed by atoms with Gasteiger partial charge in [0.1, 0.15) is 0 Å². The molecular weight excluding hydrogens is 196 g/mol. The minimum absolute atomic E-state index is 0.292. The van der Waals surface area contributed by atoms with Crippen LogP contribution in [0, 0.1) is 0 Å². The van der Waals surface area contributed by atoms with Crippen LogP contribution >= 0.6 is 0 Å². The molecule has 0 saturated heterocycles. The lowest BCUT2D eigenvalue weighted by Crippen LogP contribution is -2.28. The molecule has 0 saturated carbocycles. The van der Waals surface area contributed by atoms with Gasteiger partial charge < -0.3 is 10.3 Å². The Hall–Kier alpha value is -1.28. The molecule has 0 unspecified atom stereocenters. The van der Waals surface area contributed by atoms with Crippen molar-refractivity contribution >= 4 is 10.9 Å². The van der Waals surface area contributed by atoms with Crippen molar-refractivity contribution in [1.82, 2.24) is 4.57 Å². The van der Waals surface area contributed by atoms with Crippen molar-refractivity contribution in [1.29, 1.82) is 0 Å². The highest BCUT2D eigenvalue weighted by atomic mass is 15.0. The third-order valence-electron chi connectivity index (χ3n) is 2.99. The molecule has 2 N–H and O–H groups in total. The molecule has 0 atom stereocenters. The summed E-state index contributed by atoms with van der Waals surface area (Å²) in [7, 11) is 0. The van der Waals surface area contributed by atoms with E-state index in [0.29, 0.717) is 6.04 Å². The summed E-state index contributed by atoms with van der Waals surface area (Å²) >= 11 is 0. The Morgan fingerprint density at radius 3 is 2.38 bits per heavy atom. The van der Waals surface area contributed by atoms with E-state index >= 15 is 0 Å². The largest absolute Gasteiger partial charge is 0.345 e. The van der Waals surface area contributed by atoms with Gasteiger partial charge in [-0.3, -0.25) is 0 Å². The molecule has 0 aliphatic heterocycles. The molecular formula is C14H20N2. The van der Waals surface area contributed by atoms with E-state index in [1.54, 1.807) is 0 Å². The number of para-hydroxylation sites is 1. The van der Waals surface area contributed by atoms with Crippen molar-refractivity contribution in [3.8, 4) is 0 Å². The predicted octanol–water partition coefficient (Wildman–Crippen LogP) is 3.42. The molecule has 2 heteroatoms. The van der Waals surface area contributed by atoms with Crippen LogP contribution in [-0.4, -0.2) is 4.57 Å². The topological polar surface area (TPSA) is 30.9 Å². The van der Waals surface area contributed by atoms with Gasteiger partial charge in [-0.2, -0.15) is 0 Å². The van der Waals surface area contributed by atoms with E-state index in [2.05, 4.69) is 62.7 Å². The van der Waals surface area contributed by atoms with Gasteiger partial charge in [0.05, 0.1) is 0 Å². The van der Waals surface area contributed by atoms with Crippen LogP contribution < -0.4 is 5.73 Å². The summed E-state index contributed by atoms with van der Waals surface area (Å²) in [5.41, 5.74) is 8.42. The van der Waals surface area contributed by atoms with Crippen LogP contribution in [0.1, 0.15) is 39.3 Å². The number of hydrogen-bond acceptors (Lipinski definition) is 1. The Bertz CT molecular complexity index is 501. The molecule has 1 aromatic heterocycles. The summed E-state index contributed by atoms with van der Waals surface area (Å²) in [4.78, 5) is 0. The van der Waals surface area contributed by atoms with Crippen molar-refractivity contribution in [2.75, 3.05) is 0 Å². The van der Waals surface area contributed by atoms with Crippen molar-refractivity contribution in [3.63, 3.8) is 0 Å². The lowest BCUT2D eigenvalue weighted by molar-refractivity contribution is 0.549. The molecule has 0 bridgehead atoms. The van der Waals surface area contributed by atoms with Crippen LogP contribution in [0.25, 0.3) is 10.9 Å². The number of benzene rings is 1. The van der Waals surface area contributed by atoms with Crippen molar-refractivity contribution < 1.29 is 0 Å². The zero-order valence-corrected chi connectivity index (χ0v) is 10.5. The number of nitrogens with two attached hydrogens (primary N) is 1. The Kier molecular flexibility index (Phi) is 2.55. The summed E-state index contributed by atoms with van der Waals surface area (Å²) in [5, 5.41) is 1.27. The zero-order chi connectivity index (χ0) is 11.9. The molecule has 2 rings (SSSR count). The van der Waals surface area contributed by atoms with E-state index in [-0.39, 0.29) is 5.54 Å². The second-order valence-electron chi connectivity index (χ2n) is 5.28. The first kappa shape index (κ1) is 11.2. The second-order valence-corrected chi connectivity index (χ2v) is 5.28. The van der Waals surface area contributed by atoms with Crippen LogP contribution in [-0.2, 0) is 5.54 Å². The zero-order valence-electron chi connectivity index (χ0n) is 10.5. The maximum absolute atomic E-state index is 6.22. The van der Waals surface area contributed by atoms with Gasteiger partial charge in [-0.25, -0.2) is 0 Å². The number of hydrogen-bond donors (Lipinski definition) is 1. The van der Waals surface area contributed by atoms with Crippen LogP contribution in [0.3, 0.4) is 0 Å². The summed E-state index contributed by atoms with van der Waals surface area (Å²) in [6.45, 7) is 8.50. The molecule has 0 aliphatic rings. The lowest BCUT2D eigenvalue weighted by Gasteiger charge is -2.17. The summed E-state index contributed by atoms with van der Waals surface area (Å²) < 4.78 is 2.29. The molecule has 0 fully saturated rings. The number of rotatable bonds is 2. The van der Waals surface area contributed by atoms with Crippen LogP contribution in [0.4, 0.5) is 0 Å². The first-order valence-corrected chi connectivity index (χ1v) is 5.80. The summed E-state index contributed by atoms with van der Waals surface area (Å²) in [6.07, 6.45) is 2.19. The highest BCUT2D eigenvalue weighted by molar-refractivity contribution is 5.85. The monoisotopic (exact) mass is 216 g/mol. The minimum Gasteiger partial charge on any atom is -0.345 e. The van der Waals surface area contributed by atoms with Crippen molar-refractivity contribution in [3.05, 3.63) is 36.0 Å². The van der Waals surface area contributed by atoms with E-state index in [1.807, 2.05) is 0 Å². The van der Waals surface area contributed by atoms with Gasteiger partial charge in [0, 0.05) is 28.7 Å². The van der Waals surface area contributed by atoms with E-state index in [9.17, 15) is 0 Å². The first-order valence-electron chi connectivity index (χ1n) is 5.80. The van der Waals surface area contributed by atoms with E-state index < -0.39 is 0 Å². The Morgan fingerprint density at radius 1 is 1.19 bits per heavy atom. The molecule has 0 amide bonds. The summed E-state index contributed by atoms with van der Waals surface area (Å²) in [5.74, 6) is 0. The highest BCUT2D eigenvalue weighted by Crippen LogP contribution is 2.30. The Balaban J connectivity index is 2.77. The quantitative estimate of drug-likeness (QED) is 0.819. The maximum Gasteiger partial charge on any atom is 0.0486 e. The Labute approximate surface area is 97.1 Å². The van der Waals surface area contributed by atoms with E-state index in [1.165, 1.54) is 16.5 Å². The van der Waals surface area contributed by atoms with E-state index in [4.69, 9.17) is 5.73 Å². The minimum atomic E-state index is -0.292. The third kappa shape index (κ3) is 1.74. The lowest BCUT2D eigenvalue weighted by atomic mass is 9.95. The van der Waals surface area contributed by atoms with Crippen LogP contribution in [0.5, 0.6) is 0 Å². The molecule has 2 aromatic rings. The van der Waals surface area contributed by atoms with Gasteiger partial charge in [0.25, 0.3) is 0 Å². The molecule has 0 spiro atoms. The van der Waals surface area contributed by atoms with Crippen LogP contribution in [0.2, 0.25) is 0 Å². The summed E-state index contributed by atoms with van der Waals surface area (Å²) in [6, 6.07) is 8.92. The number of fused-ring (bicyclic) bond motifs is 1. The predicted molar refractivity (Wildman–Crippen MR) is 69.5 cm³/mol. The smallest absolute Gasteiger partial charge is 0.0486 e. The number of nitrogens with zero attached hydrogens (tertiary/aromatic N) is 1. The molecule has 2 nitrogen and oxygen atoms in total.